The number of halogens is 3. The third kappa shape index (κ3) is 2.36. The zero-order chi connectivity index (χ0) is 16.2. The molecule has 3 heterocycles. The lowest BCUT2D eigenvalue weighted by Gasteiger charge is -2.05. The molecule has 0 aromatic carbocycles. The minimum absolute atomic E-state index is 0.00964. The number of aromatic nitrogens is 6. The largest absolute Gasteiger partial charge is 0.435 e. The Morgan fingerprint density at radius 1 is 1.26 bits per heavy atom. The molecule has 120 valence electrons. The number of nitrogens with zero attached hydrogens (tertiary/aromatic N) is 6. The van der Waals surface area contributed by atoms with Crippen LogP contribution >= 0.6 is 0 Å². The fourth-order valence-corrected chi connectivity index (χ4v) is 2.70. The lowest BCUT2D eigenvalue weighted by Crippen LogP contribution is -2.11. The molecule has 0 unspecified atom stereocenters. The highest BCUT2D eigenvalue weighted by Gasteiger charge is 2.37. The molecule has 0 N–H and O–H groups in total. The average Bonchev–Trinajstić information content (AvgIpc) is 3.18. The van der Waals surface area contributed by atoms with Gasteiger partial charge in [0.1, 0.15) is 12.4 Å². The summed E-state index contributed by atoms with van der Waals surface area (Å²) in [6.07, 6.45) is 0.285. The molecule has 1 saturated carbocycles. The van der Waals surface area contributed by atoms with Gasteiger partial charge >= 0.3 is 6.18 Å². The second-order valence-corrected chi connectivity index (χ2v) is 5.70. The first kappa shape index (κ1) is 14.2. The van der Waals surface area contributed by atoms with Gasteiger partial charge in [-0.05, 0) is 18.9 Å². The zero-order valence-electron chi connectivity index (χ0n) is 12.2. The Morgan fingerprint density at radius 3 is 2.74 bits per heavy atom. The van der Waals surface area contributed by atoms with Crippen LogP contribution in [0.3, 0.4) is 0 Å². The number of rotatable bonds is 3. The highest BCUT2D eigenvalue weighted by atomic mass is 19.4. The fraction of sp³-hybridized carbons (Fsp3) is 0.429. The standard InChI is InChI=1S/C14H13F3N6/c1-22-11(19-20-13(22)8-2-3-8)7-23-10-4-5-18-6-9(10)12(21-23)14(15,16)17/h4-6,8H,2-3,7H2,1H3. The van der Waals surface area contributed by atoms with Crippen LogP contribution in [0, 0.1) is 0 Å². The summed E-state index contributed by atoms with van der Waals surface area (Å²) >= 11 is 0. The highest BCUT2D eigenvalue weighted by molar-refractivity contribution is 5.81. The van der Waals surface area contributed by atoms with E-state index in [-0.39, 0.29) is 11.9 Å². The summed E-state index contributed by atoms with van der Waals surface area (Å²) in [6.45, 7) is 0.132. The second kappa shape index (κ2) is 4.77. The Labute approximate surface area is 129 Å². The van der Waals surface area contributed by atoms with Crippen molar-refractivity contribution in [2.45, 2.75) is 31.5 Å². The van der Waals surface area contributed by atoms with Gasteiger partial charge in [0.15, 0.2) is 11.5 Å². The van der Waals surface area contributed by atoms with Crippen LogP contribution in [0.25, 0.3) is 10.9 Å². The van der Waals surface area contributed by atoms with Crippen molar-refractivity contribution in [3.05, 3.63) is 35.8 Å². The number of fused-ring (bicyclic) bond motifs is 1. The maximum absolute atomic E-state index is 13.1. The third-order valence-corrected chi connectivity index (χ3v) is 4.05. The summed E-state index contributed by atoms with van der Waals surface area (Å²) in [5.74, 6) is 1.89. The van der Waals surface area contributed by atoms with E-state index in [0.717, 1.165) is 18.7 Å². The van der Waals surface area contributed by atoms with E-state index in [1.54, 1.807) is 0 Å². The predicted molar refractivity (Wildman–Crippen MR) is 74.6 cm³/mol. The normalized spacial score (nSPS) is 15.5. The molecule has 0 spiro atoms. The Balaban J connectivity index is 1.77. The van der Waals surface area contributed by atoms with Gasteiger partial charge < -0.3 is 4.57 Å². The molecule has 9 heteroatoms. The van der Waals surface area contributed by atoms with Gasteiger partial charge in [0, 0.05) is 25.4 Å². The van der Waals surface area contributed by atoms with Crippen molar-refractivity contribution < 1.29 is 13.2 Å². The first-order valence-electron chi connectivity index (χ1n) is 7.21. The van der Waals surface area contributed by atoms with E-state index in [4.69, 9.17) is 0 Å². The van der Waals surface area contributed by atoms with Crippen LogP contribution in [0.15, 0.2) is 18.5 Å². The second-order valence-electron chi connectivity index (χ2n) is 5.70. The summed E-state index contributed by atoms with van der Waals surface area (Å²) in [7, 11) is 1.83. The first-order chi connectivity index (χ1) is 10.9. The molecule has 0 amide bonds. The van der Waals surface area contributed by atoms with Gasteiger partial charge in [-0.2, -0.15) is 18.3 Å². The molecule has 0 bridgehead atoms. The van der Waals surface area contributed by atoms with Gasteiger partial charge in [-0.25, -0.2) is 0 Å². The first-order valence-corrected chi connectivity index (χ1v) is 7.21. The molecule has 3 aromatic rings. The smallest absolute Gasteiger partial charge is 0.316 e. The summed E-state index contributed by atoms with van der Waals surface area (Å²) in [5, 5.41) is 12.0. The SMILES string of the molecule is Cn1c(Cn2nc(C(F)(F)F)c3cnccc32)nnc1C1CC1. The topological polar surface area (TPSA) is 61.4 Å². The molecule has 4 rings (SSSR count). The maximum atomic E-state index is 13.1. The van der Waals surface area contributed by atoms with Crippen molar-refractivity contribution >= 4 is 10.9 Å². The predicted octanol–water partition coefficient (Wildman–Crippen LogP) is 2.50. The third-order valence-electron chi connectivity index (χ3n) is 4.05. The van der Waals surface area contributed by atoms with Crippen LogP contribution in [0.5, 0.6) is 0 Å². The van der Waals surface area contributed by atoms with E-state index in [9.17, 15) is 13.2 Å². The van der Waals surface area contributed by atoms with E-state index in [1.807, 2.05) is 11.6 Å². The van der Waals surface area contributed by atoms with E-state index in [1.165, 1.54) is 23.1 Å². The van der Waals surface area contributed by atoms with E-state index in [2.05, 4.69) is 20.3 Å². The summed E-state index contributed by atoms with van der Waals surface area (Å²) in [4.78, 5) is 3.77. The summed E-state index contributed by atoms with van der Waals surface area (Å²) in [5.41, 5.74) is -0.548. The molecule has 1 aliphatic rings. The van der Waals surface area contributed by atoms with Gasteiger partial charge in [0.05, 0.1) is 10.9 Å². The number of alkyl halides is 3. The van der Waals surface area contributed by atoms with Gasteiger partial charge in [0.25, 0.3) is 0 Å². The van der Waals surface area contributed by atoms with Gasteiger partial charge in [-0.3, -0.25) is 9.67 Å². The van der Waals surface area contributed by atoms with Crippen LogP contribution in [-0.4, -0.2) is 29.5 Å². The summed E-state index contributed by atoms with van der Waals surface area (Å²) in [6, 6.07) is 1.52. The molecule has 0 saturated heterocycles. The van der Waals surface area contributed by atoms with Crippen LogP contribution in [0.1, 0.15) is 36.1 Å². The minimum atomic E-state index is -4.52. The van der Waals surface area contributed by atoms with Gasteiger partial charge in [-0.15, -0.1) is 10.2 Å². The van der Waals surface area contributed by atoms with Gasteiger partial charge in [0.2, 0.25) is 0 Å². The number of hydrogen-bond donors (Lipinski definition) is 0. The van der Waals surface area contributed by atoms with Crippen molar-refractivity contribution in [2.75, 3.05) is 0 Å². The highest BCUT2D eigenvalue weighted by Crippen LogP contribution is 2.39. The van der Waals surface area contributed by atoms with Gasteiger partial charge in [-0.1, -0.05) is 0 Å². The zero-order valence-corrected chi connectivity index (χ0v) is 12.2. The molecule has 1 fully saturated rings. The number of hydrogen-bond acceptors (Lipinski definition) is 4. The number of pyridine rings is 1. The molecular formula is C14H13F3N6. The molecule has 6 nitrogen and oxygen atoms in total. The molecule has 23 heavy (non-hydrogen) atoms. The Bertz CT molecular complexity index is 874. The lowest BCUT2D eigenvalue weighted by molar-refractivity contribution is -0.140. The van der Waals surface area contributed by atoms with Crippen LogP contribution in [0.2, 0.25) is 0 Å². The maximum Gasteiger partial charge on any atom is 0.435 e. The Morgan fingerprint density at radius 2 is 2.04 bits per heavy atom. The van der Waals surface area contributed by atoms with Crippen LogP contribution < -0.4 is 0 Å². The Kier molecular flexibility index (Phi) is 2.94. The van der Waals surface area contributed by atoms with Crippen molar-refractivity contribution in [3.63, 3.8) is 0 Å². The average molecular weight is 322 g/mol. The monoisotopic (exact) mass is 322 g/mol. The quantitative estimate of drug-likeness (QED) is 0.743. The molecule has 1 aliphatic carbocycles. The van der Waals surface area contributed by atoms with Crippen molar-refractivity contribution in [2.24, 2.45) is 7.05 Å². The van der Waals surface area contributed by atoms with E-state index < -0.39 is 11.9 Å². The van der Waals surface area contributed by atoms with Crippen LogP contribution in [-0.2, 0) is 19.8 Å². The van der Waals surface area contributed by atoms with Crippen LogP contribution in [0.4, 0.5) is 13.2 Å². The molecule has 0 aliphatic heterocycles. The molecule has 0 radical (unpaired) electrons. The lowest BCUT2D eigenvalue weighted by atomic mass is 10.2. The Hall–Kier alpha value is -2.45. The van der Waals surface area contributed by atoms with Crippen molar-refractivity contribution in [1.82, 2.24) is 29.5 Å². The van der Waals surface area contributed by atoms with E-state index in [0.29, 0.717) is 17.3 Å². The van der Waals surface area contributed by atoms with Crippen molar-refractivity contribution in [1.29, 1.82) is 0 Å². The van der Waals surface area contributed by atoms with E-state index >= 15 is 0 Å². The minimum Gasteiger partial charge on any atom is -0.316 e. The molecular weight excluding hydrogens is 309 g/mol. The summed E-state index contributed by atoms with van der Waals surface area (Å²) < 4.78 is 42.5. The molecule has 3 aromatic heterocycles. The van der Waals surface area contributed by atoms with Crippen molar-refractivity contribution in [3.8, 4) is 0 Å². The fourth-order valence-electron chi connectivity index (χ4n) is 2.70. The molecule has 0 atom stereocenters.